The highest BCUT2D eigenvalue weighted by atomic mass is 32.2. The molecule has 0 spiro atoms. The summed E-state index contributed by atoms with van der Waals surface area (Å²) in [6.07, 6.45) is 0. The fourth-order valence-corrected chi connectivity index (χ4v) is 3.98. The molecule has 0 unspecified atom stereocenters. The third-order valence-electron chi connectivity index (χ3n) is 3.31. The van der Waals surface area contributed by atoms with Gasteiger partial charge in [-0.05, 0) is 24.6 Å². The molecule has 2 N–H and O–H groups in total. The minimum Gasteiger partial charge on any atom is -0.396 e. The highest BCUT2D eigenvalue weighted by molar-refractivity contribution is 7.89. The Morgan fingerprint density at radius 1 is 1.45 bits per heavy atom. The van der Waals surface area contributed by atoms with Gasteiger partial charge in [0.2, 0.25) is 15.9 Å². The standard InChI is InChI=1S/C13H18N2O4S/c1-9-3-4-12(14-10(2)17)5-13(9)20(18,19)15-6-11(7-15)8-16/h3-5,11,16H,6-8H2,1-2H3,(H,14,17). The summed E-state index contributed by atoms with van der Waals surface area (Å²) in [5.74, 6) is -0.231. The molecule has 0 radical (unpaired) electrons. The lowest BCUT2D eigenvalue weighted by molar-refractivity contribution is -0.114. The number of carbonyl (C=O) groups excluding carboxylic acids is 1. The fraction of sp³-hybridized carbons (Fsp3) is 0.462. The van der Waals surface area contributed by atoms with Crippen LogP contribution in [0.3, 0.4) is 0 Å². The normalized spacial score (nSPS) is 16.8. The number of nitrogens with one attached hydrogen (secondary N) is 1. The lowest BCUT2D eigenvalue weighted by Gasteiger charge is -2.37. The van der Waals surface area contributed by atoms with Gasteiger partial charge in [0.25, 0.3) is 0 Å². The number of amides is 1. The van der Waals surface area contributed by atoms with E-state index in [1.807, 2.05) is 0 Å². The SMILES string of the molecule is CC(=O)Nc1ccc(C)c(S(=O)(=O)N2CC(CO)C2)c1. The van der Waals surface area contributed by atoms with Crippen LogP contribution in [-0.4, -0.2) is 43.4 Å². The molecule has 0 aliphatic carbocycles. The number of hydrogen-bond acceptors (Lipinski definition) is 4. The van der Waals surface area contributed by atoms with Crippen molar-refractivity contribution in [1.29, 1.82) is 0 Å². The van der Waals surface area contributed by atoms with Crippen LogP contribution in [0.1, 0.15) is 12.5 Å². The van der Waals surface area contributed by atoms with E-state index in [1.165, 1.54) is 17.3 Å². The summed E-state index contributed by atoms with van der Waals surface area (Å²) >= 11 is 0. The van der Waals surface area contributed by atoms with E-state index in [0.29, 0.717) is 24.3 Å². The molecule has 110 valence electrons. The largest absolute Gasteiger partial charge is 0.396 e. The number of sulfonamides is 1. The average molecular weight is 298 g/mol. The first-order valence-corrected chi connectivity index (χ1v) is 7.78. The minimum absolute atomic E-state index is 0.00304. The zero-order valence-electron chi connectivity index (χ0n) is 11.5. The summed E-state index contributed by atoms with van der Waals surface area (Å²) in [4.78, 5) is 11.2. The summed E-state index contributed by atoms with van der Waals surface area (Å²) < 4.78 is 26.3. The van der Waals surface area contributed by atoms with E-state index in [-0.39, 0.29) is 23.3 Å². The molecule has 1 aliphatic heterocycles. The molecule has 1 aromatic rings. The first kappa shape index (κ1) is 15.0. The van der Waals surface area contributed by atoms with E-state index >= 15 is 0 Å². The number of anilines is 1. The predicted octanol–water partition coefficient (Wildman–Crippen LogP) is 0.566. The zero-order chi connectivity index (χ0) is 14.9. The van der Waals surface area contributed by atoms with Gasteiger partial charge in [0.05, 0.1) is 4.90 Å². The lowest BCUT2D eigenvalue weighted by atomic mass is 10.1. The second-order valence-corrected chi connectivity index (χ2v) is 6.94. The number of rotatable bonds is 4. The Labute approximate surface area is 118 Å². The van der Waals surface area contributed by atoms with Crippen LogP contribution in [0.2, 0.25) is 0 Å². The van der Waals surface area contributed by atoms with Crippen molar-refractivity contribution in [1.82, 2.24) is 4.31 Å². The van der Waals surface area contributed by atoms with Gasteiger partial charge in [0.15, 0.2) is 0 Å². The predicted molar refractivity (Wildman–Crippen MR) is 74.8 cm³/mol. The topological polar surface area (TPSA) is 86.7 Å². The number of aliphatic hydroxyl groups excluding tert-OH is 1. The third kappa shape index (κ3) is 2.84. The molecule has 2 rings (SSSR count). The maximum atomic E-state index is 12.5. The molecule has 0 aromatic heterocycles. The molecular weight excluding hydrogens is 280 g/mol. The van der Waals surface area contributed by atoms with Crippen molar-refractivity contribution in [2.45, 2.75) is 18.7 Å². The van der Waals surface area contributed by atoms with Gasteiger partial charge in [-0.3, -0.25) is 4.79 Å². The van der Waals surface area contributed by atoms with E-state index in [2.05, 4.69) is 5.32 Å². The highest BCUT2D eigenvalue weighted by Crippen LogP contribution is 2.28. The highest BCUT2D eigenvalue weighted by Gasteiger charge is 2.36. The number of carbonyl (C=O) groups is 1. The van der Waals surface area contributed by atoms with Crippen LogP contribution in [0.4, 0.5) is 5.69 Å². The number of aryl methyl sites for hydroxylation is 1. The Kier molecular flexibility index (Phi) is 4.12. The first-order valence-electron chi connectivity index (χ1n) is 6.34. The van der Waals surface area contributed by atoms with Gasteiger partial charge in [-0.25, -0.2) is 8.42 Å². The minimum atomic E-state index is -3.56. The molecule has 7 heteroatoms. The van der Waals surface area contributed by atoms with Crippen molar-refractivity contribution >= 4 is 21.6 Å². The molecule has 6 nitrogen and oxygen atoms in total. The van der Waals surface area contributed by atoms with E-state index in [4.69, 9.17) is 5.11 Å². The van der Waals surface area contributed by atoms with E-state index in [0.717, 1.165) is 0 Å². The molecule has 1 aromatic carbocycles. The average Bonchev–Trinajstić information content (AvgIpc) is 2.29. The molecule has 0 bridgehead atoms. The molecule has 20 heavy (non-hydrogen) atoms. The molecule has 0 atom stereocenters. The summed E-state index contributed by atoms with van der Waals surface area (Å²) in [7, 11) is -3.56. The summed E-state index contributed by atoms with van der Waals surface area (Å²) in [5, 5.41) is 11.5. The van der Waals surface area contributed by atoms with E-state index in [1.54, 1.807) is 19.1 Å². The fourth-order valence-electron chi connectivity index (χ4n) is 2.13. The molecule has 1 aliphatic rings. The Morgan fingerprint density at radius 2 is 2.10 bits per heavy atom. The molecule has 1 saturated heterocycles. The molecule has 1 amide bonds. The van der Waals surface area contributed by atoms with Gasteiger partial charge in [-0.15, -0.1) is 0 Å². The number of aliphatic hydroxyl groups is 1. The molecule has 1 heterocycles. The Bertz CT molecular complexity index is 621. The monoisotopic (exact) mass is 298 g/mol. The van der Waals surface area contributed by atoms with Crippen molar-refractivity contribution in [2.75, 3.05) is 25.0 Å². The van der Waals surface area contributed by atoms with E-state index in [9.17, 15) is 13.2 Å². The lowest BCUT2D eigenvalue weighted by Crippen LogP contribution is -2.51. The van der Waals surface area contributed by atoms with Crippen molar-refractivity contribution in [3.63, 3.8) is 0 Å². The van der Waals surface area contributed by atoms with Gasteiger partial charge >= 0.3 is 0 Å². The van der Waals surface area contributed by atoms with Crippen LogP contribution in [0.15, 0.2) is 23.1 Å². The van der Waals surface area contributed by atoms with Gasteiger partial charge in [-0.1, -0.05) is 6.07 Å². The molecule has 0 saturated carbocycles. The van der Waals surface area contributed by atoms with Crippen molar-refractivity contribution in [2.24, 2.45) is 5.92 Å². The molecular formula is C13H18N2O4S. The quantitative estimate of drug-likeness (QED) is 0.850. The van der Waals surface area contributed by atoms with Gasteiger partial charge in [-0.2, -0.15) is 4.31 Å². The van der Waals surface area contributed by atoms with Crippen LogP contribution in [-0.2, 0) is 14.8 Å². The number of nitrogens with zero attached hydrogens (tertiary/aromatic N) is 1. The number of benzene rings is 1. The smallest absolute Gasteiger partial charge is 0.243 e. The first-order chi connectivity index (χ1) is 9.34. The zero-order valence-corrected chi connectivity index (χ0v) is 12.3. The second kappa shape index (κ2) is 5.51. The molecule has 1 fully saturated rings. The van der Waals surface area contributed by atoms with Crippen LogP contribution in [0, 0.1) is 12.8 Å². The third-order valence-corrected chi connectivity index (χ3v) is 5.28. The maximum Gasteiger partial charge on any atom is 0.243 e. The second-order valence-electron chi connectivity index (χ2n) is 5.03. The van der Waals surface area contributed by atoms with Gasteiger partial charge in [0.1, 0.15) is 0 Å². The summed E-state index contributed by atoms with van der Waals surface area (Å²) in [6, 6.07) is 4.81. The van der Waals surface area contributed by atoms with Crippen LogP contribution in [0.25, 0.3) is 0 Å². The van der Waals surface area contributed by atoms with Crippen molar-refractivity contribution < 1.29 is 18.3 Å². The van der Waals surface area contributed by atoms with Crippen molar-refractivity contribution in [3.05, 3.63) is 23.8 Å². The summed E-state index contributed by atoms with van der Waals surface area (Å²) in [5.41, 5.74) is 1.09. The number of hydrogen-bond donors (Lipinski definition) is 2. The van der Waals surface area contributed by atoms with Crippen LogP contribution in [0.5, 0.6) is 0 Å². The Morgan fingerprint density at radius 3 is 2.65 bits per heavy atom. The maximum absolute atomic E-state index is 12.5. The van der Waals surface area contributed by atoms with Crippen molar-refractivity contribution in [3.8, 4) is 0 Å². The summed E-state index contributed by atoms with van der Waals surface area (Å²) in [6.45, 7) is 3.76. The Balaban J connectivity index is 2.29. The Hall–Kier alpha value is -1.44. The van der Waals surface area contributed by atoms with E-state index < -0.39 is 10.0 Å². The van der Waals surface area contributed by atoms with Gasteiger partial charge < -0.3 is 10.4 Å². The van der Waals surface area contributed by atoms with Gasteiger partial charge in [0, 0.05) is 38.2 Å². The van der Waals surface area contributed by atoms with Crippen LogP contribution >= 0.6 is 0 Å². The van der Waals surface area contributed by atoms with Crippen LogP contribution < -0.4 is 5.32 Å².